The monoisotopic (exact) mass is 237 g/mol. The van der Waals surface area contributed by atoms with Crippen molar-refractivity contribution in [3.8, 4) is 0 Å². The molecule has 1 saturated carbocycles. The average Bonchev–Trinajstić information content (AvgIpc) is 2.90. The van der Waals surface area contributed by atoms with Crippen molar-refractivity contribution in [3.05, 3.63) is 24.2 Å². The number of hydrogen-bond acceptors (Lipinski definition) is 3. The predicted molar refractivity (Wildman–Crippen MR) is 67.6 cm³/mol. The highest BCUT2D eigenvalue weighted by Gasteiger charge is 2.19. The molecule has 1 atom stereocenters. The molecule has 1 heterocycles. The van der Waals surface area contributed by atoms with Gasteiger partial charge in [0.05, 0.1) is 18.6 Å². The van der Waals surface area contributed by atoms with Gasteiger partial charge < -0.3 is 9.52 Å². The minimum atomic E-state index is -0.185. The quantitative estimate of drug-likeness (QED) is 0.826. The van der Waals surface area contributed by atoms with Crippen LogP contribution in [0.15, 0.2) is 23.0 Å². The summed E-state index contributed by atoms with van der Waals surface area (Å²) in [6.45, 7) is 1.60. The van der Waals surface area contributed by atoms with Crippen molar-refractivity contribution >= 4 is 0 Å². The normalized spacial score (nSPS) is 19.0. The molecule has 1 aliphatic rings. The molecule has 96 valence electrons. The van der Waals surface area contributed by atoms with Crippen LogP contribution in [0.4, 0.5) is 0 Å². The van der Waals surface area contributed by atoms with Crippen molar-refractivity contribution in [2.45, 2.75) is 44.8 Å². The second kappa shape index (κ2) is 6.22. The highest BCUT2D eigenvalue weighted by Crippen LogP contribution is 2.28. The lowest BCUT2D eigenvalue weighted by molar-refractivity contribution is 0.0993. The Balaban J connectivity index is 1.68. The van der Waals surface area contributed by atoms with E-state index in [1.54, 1.807) is 12.5 Å². The van der Waals surface area contributed by atoms with Crippen molar-refractivity contribution < 1.29 is 9.52 Å². The Labute approximate surface area is 103 Å². The van der Waals surface area contributed by atoms with Crippen LogP contribution in [0, 0.1) is 5.92 Å². The molecule has 3 heteroatoms. The van der Waals surface area contributed by atoms with Gasteiger partial charge in [0.15, 0.2) is 0 Å². The zero-order valence-corrected chi connectivity index (χ0v) is 10.6. The van der Waals surface area contributed by atoms with Crippen LogP contribution in [0.2, 0.25) is 0 Å². The van der Waals surface area contributed by atoms with E-state index in [1.807, 2.05) is 13.1 Å². The number of rotatable bonds is 6. The van der Waals surface area contributed by atoms with E-state index in [9.17, 15) is 5.11 Å². The summed E-state index contributed by atoms with van der Waals surface area (Å²) in [5, 5.41) is 10.0. The fourth-order valence-corrected chi connectivity index (χ4v) is 2.82. The summed E-state index contributed by atoms with van der Waals surface area (Å²) in [5.41, 5.74) is 1.17. The molecule has 0 spiro atoms. The van der Waals surface area contributed by atoms with Crippen molar-refractivity contribution in [2.24, 2.45) is 5.92 Å². The van der Waals surface area contributed by atoms with Gasteiger partial charge in [0.2, 0.25) is 0 Å². The third-order valence-electron chi connectivity index (χ3n) is 3.64. The maximum atomic E-state index is 10.0. The molecular formula is C14H23NO2. The van der Waals surface area contributed by atoms with Gasteiger partial charge in [0.25, 0.3) is 0 Å². The first kappa shape index (κ1) is 12.7. The maximum absolute atomic E-state index is 10.0. The van der Waals surface area contributed by atoms with E-state index in [4.69, 9.17) is 4.42 Å². The van der Waals surface area contributed by atoms with Gasteiger partial charge in [-0.2, -0.15) is 0 Å². The topological polar surface area (TPSA) is 36.6 Å². The molecule has 2 rings (SSSR count). The largest absolute Gasteiger partial charge is 0.472 e. The molecule has 3 nitrogen and oxygen atoms in total. The van der Waals surface area contributed by atoms with Gasteiger partial charge in [0, 0.05) is 18.7 Å². The zero-order chi connectivity index (χ0) is 12.1. The molecule has 1 fully saturated rings. The predicted octanol–water partition coefficient (Wildman–Crippen LogP) is 2.65. The molecule has 0 aliphatic heterocycles. The Hall–Kier alpha value is -0.800. The Bertz CT molecular complexity index is 304. The summed E-state index contributed by atoms with van der Waals surface area (Å²) in [4.78, 5) is 2.16. The third kappa shape index (κ3) is 4.17. The summed E-state index contributed by atoms with van der Waals surface area (Å²) >= 11 is 0. The lowest BCUT2D eigenvalue weighted by atomic mass is 10.00. The lowest BCUT2D eigenvalue weighted by Crippen LogP contribution is -2.29. The second-order valence-electron chi connectivity index (χ2n) is 5.37. The van der Waals surface area contributed by atoms with E-state index < -0.39 is 0 Å². The third-order valence-corrected chi connectivity index (χ3v) is 3.64. The molecule has 1 aromatic rings. The minimum absolute atomic E-state index is 0.185. The van der Waals surface area contributed by atoms with Gasteiger partial charge in [-0.25, -0.2) is 0 Å². The van der Waals surface area contributed by atoms with Crippen molar-refractivity contribution in [3.63, 3.8) is 0 Å². The van der Waals surface area contributed by atoms with Crippen molar-refractivity contribution in [1.82, 2.24) is 4.90 Å². The molecule has 1 N–H and O–H groups in total. The number of aliphatic hydroxyl groups is 1. The number of hydrogen-bond donors (Lipinski definition) is 1. The average molecular weight is 237 g/mol. The molecule has 0 radical (unpaired) electrons. The molecule has 1 unspecified atom stereocenters. The standard InChI is InChI=1S/C14H23NO2/c1-15(9-13-6-7-17-11-13)10-14(16)8-12-4-2-3-5-12/h6-7,11-12,14,16H,2-5,8-10H2,1H3. The first-order chi connectivity index (χ1) is 8.24. The van der Waals surface area contributed by atoms with Crippen LogP contribution in [0.5, 0.6) is 0 Å². The Morgan fingerprint density at radius 1 is 1.47 bits per heavy atom. The minimum Gasteiger partial charge on any atom is -0.472 e. The number of nitrogens with zero attached hydrogens (tertiary/aromatic N) is 1. The highest BCUT2D eigenvalue weighted by molar-refractivity contribution is 5.04. The van der Waals surface area contributed by atoms with Crippen LogP contribution in [0.3, 0.4) is 0 Å². The van der Waals surface area contributed by atoms with Crippen molar-refractivity contribution in [2.75, 3.05) is 13.6 Å². The molecular weight excluding hydrogens is 214 g/mol. The summed E-state index contributed by atoms with van der Waals surface area (Å²) in [5.74, 6) is 0.757. The number of furan rings is 1. The second-order valence-corrected chi connectivity index (χ2v) is 5.37. The highest BCUT2D eigenvalue weighted by atomic mass is 16.3. The molecule has 1 aromatic heterocycles. The van der Waals surface area contributed by atoms with Crippen LogP contribution >= 0.6 is 0 Å². The molecule has 0 amide bonds. The van der Waals surface area contributed by atoms with Gasteiger partial charge in [-0.3, -0.25) is 4.90 Å². The number of likely N-dealkylation sites (N-methyl/N-ethyl adjacent to an activating group) is 1. The smallest absolute Gasteiger partial charge is 0.0947 e. The molecule has 0 aromatic carbocycles. The molecule has 1 aliphatic carbocycles. The van der Waals surface area contributed by atoms with E-state index in [0.717, 1.165) is 25.4 Å². The van der Waals surface area contributed by atoms with E-state index in [2.05, 4.69) is 4.90 Å². The summed E-state index contributed by atoms with van der Waals surface area (Å²) in [6.07, 6.45) is 9.55. The summed E-state index contributed by atoms with van der Waals surface area (Å²) in [6, 6.07) is 1.97. The Morgan fingerprint density at radius 2 is 2.24 bits per heavy atom. The van der Waals surface area contributed by atoms with Gasteiger partial charge in [-0.15, -0.1) is 0 Å². The van der Waals surface area contributed by atoms with E-state index in [1.165, 1.54) is 31.2 Å². The molecule has 0 bridgehead atoms. The molecule has 17 heavy (non-hydrogen) atoms. The molecule has 0 saturated heterocycles. The van der Waals surface area contributed by atoms with E-state index >= 15 is 0 Å². The van der Waals surface area contributed by atoms with Gasteiger partial charge in [-0.1, -0.05) is 25.7 Å². The lowest BCUT2D eigenvalue weighted by Gasteiger charge is -2.21. The van der Waals surface area contributed by atoms with E-state index in [0.29, 0.717) is 0 Å². The van der Waals surface area contributed by atoms with Gasteiger partial charge in [0.1, 0.15) is 0 Å². The fourth-order valence-electron chi connectivity index (χ4n) is 2.82. The zero-order valence-electron chi connectivity index (χ0n) is 10.6. The SMILES string of the molecule is CN(Cc1ccoc1)CC(O)CC1CCCC1. The van der Waals surface area contributed by atoms with Crippen LogP contribution in [0.25, 0.3) is 0 Å². The van der Waals surface area contributed by atoms with E-state index in [-0.39, 0.29) is 6.10 Å². The maximum Gasteiger partial charge on any atom is 0.0947 e. The Kier molecular flexibility index (Phi) is 4.63. The van der Waals surface area contributed by atoms with Crippen molar-refractivity contribution in [1.29, 1.82) is 0 Å². The van der Waals surface area contributed by atoms with Crippen LogP contribution < -0.4 is 0 Å². The first-order valence-electron chi connectivity index (χ1n) is 6.61. The summed E-state index contributed by atoms with van der Waals surface area (Å²) < 4.78 is 5.04. The van der Waals surface area contributed by atoms with Crippen LogP contribution in [-0.4, -0.2) is 29.7 Å². The number of aliphatic hydroxyl groups excluding tert-OH is 1. The van der Waals surface area contributed by atoms with Gasteiger partial charge >= 0.3 is 0 Å². The fraction of sp³-hybridized carbons (Fsp3) is 0.714. The van der Waals surface area contributed by atoms with Crippen LogP contribution in [0.1, 0.15) is 37.7 Å². The Morgan fingerprint density at radius 3 is 2.88 bits per heavy atom. The summed E-state index contributed by atoms with van der Waals surface area (Å²) in [7, 11) is 2.05. The first-order valence-corrected chi connectivity index (χ1v) is 6.61. The van der Waals surface area contributed by atoms with Crippen LogP contribution in [-0.2, 0) is 6.54 Å². The van der Waals surface area contributed by atoms with Gasteiger partial charge in [-0.05, 0) is 25.5 Å².